The van der Waals surface area contributed by atoms with Crippen molar-refractivity contribution in [2.75, 3.05) is 5.32 Å². The first kappa shape index (κ1) is 13.1. The molecular formula is C16H17NO2. The van der Waals surface area contributed by atoms with Gasteiger partial charge in [-0.1, -0.05) is 18.2 Å². The first-order chi connectivity index (χ1) is 9.06. The third-order valence-electron chi connectivity index (χ3n) is 3.20. The maximum Gasteiger partial charge on any atom is 0.335 e. The minimum Gasteiger partial charge on any atom is -0.478 e. The molecule has 0 amide bonds. The Hall–Kier alpha value is -2.29. The van der Waals surface area contributed by atoms with Gasteiger partial charge in [0, 0.05) is 12.2 Å². The highest BCUT2D eigenvalue weighted by molar-refractivity contribution is 5.87. The number of benzene rings is 2. The van der Waals surface area contributed by atoms with Gasteiger partial charge in [-0.25, -0.2) is 4.79 Å². The molecule has 0 atom stereocenters. The second-order valence-corrected chi connectivity index (χ2v) is 4.65. The van der Waals surface area contributed by atoms with E-state index in [0.717, 1.165) is 12.2 Å². The number of rotatable bonds is 4. The molecule has 2 rings (SSSR count). The number of carbonyl (C=O) groups is 1. The lowest BCUT2D eigenvalue weighted by atomic mass is 10.1. The van der Waals surface area contributed by atoms with Crippen LogP contribution in [0.25, 0.3) is 0 Å². The van der Waals surface area contributed by atoms with E-state index in [1.165, 1.54) is 16.7 Å². The van der Waals surface area contributed by atoms with Gasteiger partial charge < -0.3 is 10.4 Å². The Morgan fingerprint density at radius 3 is 2.32 bits per heavy atom. The van der Waals surface area contributed by atoms with E-state index >= 15 is 0 Å². The summed E-state index contributed by atoms with van der Waals surface area (Å²) in [5.74, 6) is -0.902. The first-order valence-corrected chi connectivity index (χ1v) is 6.19. The monoisotopic (exact) mass is 255 g/mol. The summed E-state index contributed by atoms with van der Waals surface area (Å²) in [7, 11) is 0. The summed E-state index contributed by atoms with van der Waals surface area (Å²) in [5.41, 5.74) is 5.00. The molecule has 3 heteroatoms. The number of hydrogen-bond donors (Lipinski definition) is 2. The van der Waals surface area contributed by atoms with Crippen LogP contribution in [0.3, 0.4) is 0 Å². The average molecular weight is 255 g/mol. The fourth-order valence-corrected chi connectivity index (χ4v) is 1.85. The molecule has 0 aliphatic heterocycles. The van der Waals surface area contributed by atoms with E-state index < -0.39 is 5.97 Å². The molecule has 0 aliphatic carbocycles. The molecule has 0 saturated carbocycles. The van der Waals surface area contributed by atoms with Crippen LogP contribution in [0.4, 0.5) is 5.69 Å². The van der Waals surface area contributed by atoms with E-state index in [0.29, 0.717) is 5.56 Å². The molecule has 0 radical (unpaired) electrons. The van der Waals surface area contributed by atoms with E-state index in [2.05, 4.69) is 37.4 Å². The number of anilines is 1. The van der Waals surface area contributed by atoms with Crippen LogP contribution >= 0.6 is 0 Å². The Bertz CT molecular complexity index is 588. The third-order valence-corrected chi connectivity index (χ3v) is 3.20. The molecule has 0 bridgehead atoms. The van der Waals surface area contributed by atoms with Crippen molar-refractivity contribution in [3.63, 3.8) is 0 Å². The Kier molecular flexibility index (Phi) is 3.85. The first-order valence-electron chi connectivity index (χ1n) is 6.19. The summed E-state index contributed by atoms with van der Waals surface area (Å²) in [5, 5.41) is 12.1. The van der Waals surface area contributed by atoms with Crippen LogP contribution in [0, 0.1) is 13.8 Å². The lowest BCUT2D eigenvalue weighted by Gasteiger charge is -2.08. The number of aromatic carboxylic acids is 1. The molecule has 98 valence electrons. The lowest BCUT2D eigenvalue weighted by molar-refractivity contribution is 0.0697. The zero-order valence-corrected chi connectivity index (χ0v) is 11.1. The quantitative estimate of drug-likeness (QED) is 0.877. The maximum absolute atomic E-state index is 10.7. The topological polar surface area (TPSA) is 49.3 Å². The summed E-state index contributed by atoms with van der Waals surface area (Å²) in [6.07, 6.45) is 0. The van der Waals surface area contributed by atoms with Gasteiger partial charge in [-0.2, -0.15) is 0 Å². The number of carboxylic acids is 1. The molecule has 19 heavy (non-hydrogen) atoms. The molecule has 3 nitrogen and oxygen atoms in total. The summed E-state index contributed by atoms with van der Waals surface area (Å²) in [6.45, 7) is 4.92. The molecular weight excluding hydrogens is 238 g/mol. The molecule has 0 heterocycles. The summed E-state index contributed by atoms with van der Waals surface area (Å²) < 4.78 is 0. The predicted octanol–water partition coefficient (Wildman–Crippen LogP) is 3.61. The predicted molar refractivity (Wildman–Crippen MR) is 76.6 cm³/mol. The van der Waals surface area contributed by atoms with Crippen LogP contribution < -0.4 is 5.32 Å². The zero-order chi connectivity index (χ0) is 13.8. The largest absolute Gasteiger partial charge is 0.478 e. The van der Waals surface area contributed by atoms with Gasteiger partial charge in [0.15, 0.2) is 0 Å². The van der Waals surface area contributed by atoms with Crippen LogP contribution in [0.5, 0.6) is 0 Å². The highest BCUT2D eigenvalue weighted by atomic mass is 16.4. The van der Waals surface area contributed by atoms with Crippen LogP contribution in [0.15, 0.2) is 42.5 Å². The molecule has 0 fully saturated rings. The van der Waals surface area contributed by atoms with Gasteiger partial charge in [0.05, 0.1) is 5.56 Å². The van der Waals surface area contributed by atoms with Crippen molar-refractivity contribution in [3.05, 3.63) is 64.7 Å². The van der Waals surface area contributed by atoms with Crippen LogP contribution in [-0.2, 0) is 6.54 Å². The Morgan fingerprint density at radius 2 is 1.74 bits per heavy atom. The minimum atomic E-state index is -0.902. The van der Waals surface area contributed by atoms with Crippen molar-refractivity contribution < 1.29 is 9.90 Å². The Labute approximate surface area is 112 Å². The number of carboxylic acid groups (broad SMARTS) is 1. The molecule has 0 aliphatic rings. The third kappa shape index (κ3) is 3.35. The number of hydrogen-bond acceptors (Lipinski definition) is 2. The van der Waals surface area contributed by atoms with Gasteiger partial charge in [-0.15, -0.1) is 0 Å². The molecule has 0 aromatic heterocycles. The van der Waals surface area contributed by atoms with Crippen molar-refractivity contribution in [2.45, 2.75) is 20.4 Å². The second-order valence-electron chi connectivity index (χ2n) is 4.65. The number of aryl methyl sites for hydroxylation is 2. The Balaban J connectivity index is 2.01. The molecule has 0 spiro atoms. The minimum absolute atomic E-state index is 0.303. The average Bonchev–Trinajstić information content (AvgIpc) is 2.40. The van der Waals surface area contributed by atoms with E-state index in [-0.39, 0.29) is 0 Å². The zero-order valence-electron chi connectivity index (χ0n) is 11.1. The van der Waals surface area contributed by atoms with E-state index in [1.807, 2.05) is 0 Å². The molecule has 0 saturated heterocycles. The summed E-state index contributed by atoms with van der Waals surface area (Å²) >= 11 is 0. The molecule has 2 N–H and O–H groups in total. The fraction of sp³-hybridized carbons (Fsp3) is 0.188. The smallest absolute Gasteiger partial charge is 0.335 e. The van der Waals surface area contributed by atoms with Crippen molar-refractivity contribution in [2.24, 2.45) is 0 Å². The summed E-state index contributed by atoms with van der Waals surface area (Å²) in [4.78, 5) is 10.7. The van der Waals surface area contributed by atoms with Crippen LogP contribution in [0.2, 0.25) is 0 Å². The molecule has 0 unspecified atom stereocenters. The van der Waals surface area contributed by atoms with Gasteiger partial charge in [0.2, 0.25) is 0 Å². The lowest BCUT2D eigenvalue weighted by Crippen LogP contribution is -2.01. The van der Waals surface area contributed by atoms with Gasteiger partial charge in [0.1, 0.15) is 0 Å². The Morgan fingerprint density at radius 1 is 1.05 bits per heavy atom. The van der Waals surface area contributed by atoms with Crippen molar-refractivity contribution in [1.29, 1.82) is 0 Å². The second kappa shape index (κ2) is 5.57. The van der Waals surface area contributed by atoms with Crippen molar-refractivity contribution >= 4 is 11.7 Å². The normalized spacial score (nSPS) is 10.2. The molecule has 2 aromatic carbocycles. The van der Waals surface area contributed by atoms with Gasteiger partial charge in [-0.05, 0) is 54.8 Å². The summed E-state index contributed by atoms with van der Waals surface area (Å²) in [6, 6.07) is 13.1. The molecule has 2 aromatic rings. The standard InChI is InChI=1S/C16H17NO2/c1-11-3-4-13(9-12(11)2)10-17-15-7-5-14(6-8-15)16(18)19/h3-9,17H,10H2,1-2H3,(H,18,19). The van der Waals surface area contributed by atoms with Crippen molar-refractivity contribution in [1.82, 2.24) is 0 Å². The van der Waals surface area contributed by atoms with Crippen LogP contribution in [0.1, 0.15) is 27.0 Å². The maximum atomic E-state index is 10.7. The highest BCUT2D eigenvalue weighted by Crippen LogP contribution is 2.13. The van der Waals surface area contributed by atoms with Gasteiger partial charge >= 0.3 is 5.97 Å². The van der Waals surface area contributed by atoms with E-state index in [4.69, 9.17) is 5.11 Å². The van der Waals surface area contributed by atoms with Gasteiger partial charge in [-0.3, -0.25) is 0 Å². The van der Waals surface area contributed by atoms with Crippen molar-refractivity contribution in [3.8, 4) is 0 Å². The SMILES string of the molecule is Cc1ccc(CNc2ccc(C(=O)O)cc2)cc1C. The number of nitrogens with one attached hydrogen (secondary N) is 1. The van der Waals surface area contributed by atoms with E-state index in [9.17, 15) is 4.79 Å². The fourth-order valence-electron chi connectivity index (χ4n) is 1.85. The van der Waals surface area contributed by atoms with E-state index in [1.54, 1.807) is 24.3 Å². The van der Waals surface area contributed by atoms with Crippen LogP contribution in [-0.4, -0.2) is 11.1 Å². The highest BCUT2D eigenvalue weighted by Gasteiger charge is 2.01. The van der Waals surface area contributed by atoms with Gasteiger partial charge in [0.25, 0.3) is 0 Å².